The van der Waals surface area contributed by atoms with E-state index < -0.39 is 0 Å². The van der Waals surface area contributed by atoms with Crippen molar-refractivity contribution >= 4 is 0 Å². The summed E-state index contributed by atoms with van der Waals surface area (Å²) >= 11 is 0. The molecule has 2 N–H and O–H groups in total. The maximum atomic E-state index is 9.83. The molecule has 0 spiro atoms. The molecule has 0 atom stereocenters. The lowest BCUT2D eigenvalue weighted by Crippen LogP contribution is -2.38. The van der Waals surface area contributed by atoms with Crippen LogP contribution < -0.4 is 10.1 Å². The average molecular weight is 237 g/mol. The summed E-state index contributed by atoms with van der Waals surface area (Å²) in [5.74, 6) is 0.961. The average Bonchev–Trinajstić information content (AvgIpc) is 2.27. The van der Waals surface area contributed by atoms with Crippen LogP contribution in [0.2, 0.25) is 0 Å². The van der Waals surface area contributed by atoms with Crippen molar-refractivity contribution in [2.75, 3.05) is 7.11 Å². The minimum atomic E-state index is 0.0983. The second-order valence-electron chi connectivity index (χ2n) is 4.98. The second kappa shape index (κ2) is 5.92. The standard InChI is InChI=1S/C14H23NO2/c1-5-8-14(2,3)15-10-11-6-7-12(17-4)9-13(11)16/h6-7,9,15-16H,5,8,10H2,1-4H3. The van der Waals surface area contributed by atoms with Crippen LogP contribution in [-0.2, 0) is 6.54 Å². The zero-order valence-corrected chi connectivity index (χ0v) is 11.2. The number of phenols is 1. The molecule has 0 aliphatic rings. The summed E-state index contributed by atoms with van der Waals surface area (Å²) in [6, 6.07) is 5.40. The third-order valence-corrected chi connectivity index (χ3v) is 2.92. The van der Waals surface area contributed by atoms with Gasteiger partial charge in [-0.1, -0.05) is 19.4 Å². The maximum absolute atomic E-state index is 9.83. The van der Waals surface area contributed by atoms with Gasteiger partial charge in [0.15, 0.2) is 0 Å². The minimum absolute atomic E-state index is 0.0983. The number of hydrogen-bond acceptors (Lipinski definition) is 3. The molecule has 0 radical (unpaired) electrons. The Morgan fingerprint density at radius 3 is 2.59 bits per heavy atom. The molecular weight excluding hydrogens is 214 g/mol. The molecule has 0 fully saturated rings. The normalized spacial score (nSPS) is 11.5. The predicted molar refractivity (Wildman–Crippen MR) is 70.5 cm³/mol. The van der Waals surface area contributed by atoms with Crippen LogP contribution in [-0.4, -0.2) is 17.8 Å². The van der Waals surface area contributed by atoms with Crippen LogP contribution in [0.4, 0.5) is 0 Å². The Balaban J connectivity index is 2.63. The van der Waals surface area contributed by atoms with E-state index in [9.17, 15) is 5.11 Å². The molecule has 0 aromatic heterocycles. The monoisotopic (exact) mass is 237 g/mol. The molecule has 0 heterocycles. The van der Waals surface area contributed by atoms with Crippen molar-refractivity contribution in [3.8, 4) is 11.5 Å². The molecule has 1 aromatic rings. The maximum Gasteiger partial charge on any atom is 0.123 e. The number of benzene rings is 1. The smallest absolute Gasteiger partial charge is 0.123 e. The summed E-state index contributed by atoms with van der Waals surface area (Å²) in [4.78, 5) is 0. The lowest BCUT2D eigenvalue weighted by Gasteiger charge is -2.26. The number of rotatable bonds is 6. The van der Waals surface area contributed by atoms with Gasteiger partial charge in [0.25, 0.3) is 0 Å². The summed E-state index contributed by atoms with van der Waals surface area (Å²) in [7, 11) is 1.59. The Kier molecular flexibility index (Phi) is 4.82. The van der Waals surface area contributed by atoms with E-state index in [1.54, 1.807) is 13.2 Å². The van der Waals surface area contributed by atoms with E-state index in [4.69, 9.17) is 4.74 Å². The number of aromatic hydroxyl groups is 1. The van der Waals surface area contributed by atoms with Gasteiger partial charge in [0.05, 0.1) is 7.11 Å². The van der Waals surface area contributed by atoms with Crippen molar-refractivity contribution in [3.05, 3.63) is 23.8 Å². The van der Waals surface area contributed by atoms with Crippen LogP contribution in [0.1, 0.15) is 39.2 Å². The Labute approximate surface area is 104 Å². The number of phenolic OH excluding ortho intramolecular Hbond substituents is 1. The van der Waals surface area contributed by atoms with Gasteiger partial charge in [-0.2, -0.15) is 0 Å². The first-order valence-electron chi connectivity index (χ1n) is 6.09. The molecule has 1 rings (SSSR count). The molecule has 1 aromatic carbocycles. The van der Waals surface area contributed by atoms with Crippen molar-refractivity contribution in [1.82, 2.24) is 5.32 Å². The fraction of sp³-hybridized carbons (Fsp3) is 0.571. The third kappa shape index (κ3) is 4.27. The molecular formula is C14H23NO2. The highest BCUT2D eigenvalue weighted by molar-refractivity contribution is 5.39. The van der Waals surface area contributed by atoms with Crippen LogP contribution in [0.3, 0.4) is 0 Å². The van der Waals surface area contributed by atoms with Crippen LogP contribution >= 0.6 is 0 Å². The van der Waals surface area contributed by atoms with Crippen molar-refractivity contribution in [1.29, 1.82) is 0 Å². The number of hydrogen-bond donors (Lipinski definition) is 2. The summed E-state index contributed by atoms with van der Waals surface area (Å²) in [5, 5.41) is 13.3. The topological polar surface area (TPSA) is 41.5 Å². The van der Waals surface area contributed by atoms with Gasteiger partial charge < -0.3 is 15.2 Å². The molecule has 3 nitrogen and oxygen atoms in total. The van der Waals surface area contributed by atoms with Crippen molar-refractivity contribution in [2.24, 2.45) is 0 Å². The molecule has 0 saturated carbocycles. The number of methoxy groups -OCH3 is 1. The van der Waals surface area contributed by atoms with E-state index in [0.29, 0.717) is 12.3 Å². The van der Waals surface area contributed by atoms with Gasteiger partial charge in [0.2, 0.25) is 0 Å². The highest BCUT2D eigenvalue weighted by atomic mass is 16.5. The molecule has 0 aliphatic heterocycles. The zero-order chi connectivity index (χ0) is 12.9. The van der Waals surface area contributed by atoms with Crippen molar-refractivity contribution < 1.29 is 9.84 Å². The van der Waals surface area contributed by atoms with E-state index in [-0.39, 0.29) is 11.3 Å². The van der Waals surface area contributed by atoms with Gasteiger partial charge in [0, 0.05) is 23.7 Å². The zero-order valence-electron chi connectivity index (χ0n) is 11.2. The third-order valence-electron chi connectivity index (χ3n) is 2.92. The second-order valence-corrected chi connectivity index (χ2v) is 4.98. The summed E-state index contributed by atoms with van der Waals surface area (Å²) in [6.07, 6.45) is 2.26. The molecule has 0 bridgehead atoms. The molecule has 0 aliphatic carbocycles. The molecule has 0 saturated heterocycles. The van der Waals surface area contributed by atoms with Gasteiger partial charge in [-0.25, -0.2) is 0 Å². The van der Waals surface area contributed by atoms with E-state index in [1.807, 2.05) is 12.1 Å². The first-order chi connectivity index (χ1) is 7.98. The van der Waals surface area contributed by atoms with Crippen LogP contribution in [0.25, 0.3) is 0 Å². The van der Waals surface area contributed by atoms with Gasteiger partial charge in [-0.05, 0) is 26.3 Å². The van der Waals surface area contributed by atoms with Gasteiger partial charge in [-0.15, -0.1) is 0 Å². The van der Waals surface area contributed by atoms with E-state index in [1.165, 1.54) is 0 Å². The first-order valence-corrected chi connectivity index (χ1v) is 6.09. The lowest BCUT2D eigenvalue weighted by atomic mass is 9.98. The van der Waals surface area contributed by atoms with E-state index in [0.717, 1.165) is 18.4 Å². The predicted octanol–water partition coefficient (Wildman–Crippen LogP) is 3.07. The highest BCUT2D eigenvalue weighted by Gasteiger charge is 2.16. The summed E-state index contributed by atoms with van der Waals surface area (Å²) in [5.41, 5.74) is 0.996. The van der Waals surface area contributed by atoms with E-state index >= 15 is 0 Å². The quantitative estimate of drug-likeness (QED) is 0.799. The Morgan fingerprint density at radius 2 is 2.06 bits per heavy atom. The Bertz CT molecular complexity index is 361. The fourth-order valence-electron chi connectivity index (χ4n) is 1.87. The largest absolute Gasteiger partial charge is 0.507 e. The molecule has 3 heteroatoms. The fourth-order valence-corrected chi connectivity index (χ4v) is 1.87. The van der Waals surface area contributed by atoms with Crippen LogP contribution in [0.15, 0.2) is 18.2 Å². The molecule has 0 amide bonds. The number of nitrogens with one attached hydrogen (secondary N) is 1. The molecule has 17 heavy (non-hydrogen) atoms. The first kappa shape index (κ1) is 13.8. The van der Waals surface area contributed by atoms with Crippen LogP contribution in [0, 0.1) is 0 Å². The summed E-state index contributed by atoms with van der Waals surface area (Å²) in [6.45, 7) is 7.20. The molecule has 96 valence electrons. The summed E-state index contributed by atoms with van der Waals surface area (Å²) < 4.78 is 5.05. The van der Waals surface area contributed by atoms with Crippen LogP contribution in [0.5, 0.6) is 11.5 Å². The highest BCUT2D eigenvalue weighted by Crippen LogP contribution is 2.24. The Hall–Kier alpha value is -1.22. The SMILES string of the molecule is CCCC(C)(C)NCc1ccc(OC)cc1O. The van der Waals surface area contributed by atoms with Gasteiger partial charge >= 0.3 is 0 Å². The van der Waals surface area contributed by atoms with E-state index in [2.05, 4.69) is 26.1 Å². The van der Waals surface area contributed by atoms with Crippen molar-refractivity contribution in [3.63, 3.8) is 0 Å². The lowest BCUT2D eigenvalue weighted by molar-refractivity contribution is 0.352. The van der Waals surface area contributed by atoms with Gasteiger partial charge in [-0.3, -0.25) is 0 Å². The molecule has 0 unspecified atom stereocenters. The van der Waals surface area contributed by atoms with Gasteiger partial charge in [0.1, 0.15) is 11.5 Å². The minimum Gasteiger partial charge on any atom is -0.507 e. The van der Waals surface area contributed by atoms with Crippen molar-refractivity contribution in [2.45, 2.75) is 45.7 Å². The number of ether oxygens (including phenoxy) is 1. The Morgan fingerprint density at radius 1 is 1.35 bits per heavy atom.